The first kappa shape index (κ1) is 19.6. The van der Waals surface area contributed by atoms with Gasteiger partial charge < -0.3 is 20.1 Å². The lowest BCUT2D eigenvalue weighted by molar-refractivity contribution is 0.174. The summed E-state index contributed by atoms with van der Waals surface area (Å²) in [4.78, 5) is 29.6. The van der Waals surface area contributed by atoms with Crippen LogP contribution >= 0.6 is 0 Å². The van der Waals surface area contributed by atoms with Crippen molar-refractivity contribution in [2.45, 2.75) is 13.1 Å². The minimum absolute atomic E-state index is 0.138. The van der Waals surface area contributed by atoms with Crippen molar-refractivity contribution in [3.8, 4) is 11.5 Å². The van der Waals surface area contributed by atoms with E-state index in [2.05, 4.69) is 20.7 Å². The molecule has 0 saturated carbocycles. The van der Waals surface area contributed by atoms with Gasteiger partial charge >= 0.3 is 6.03 Å². The van der Waals surface area contributed by atoms with Gasteiger partial charge in [0.1, 0.15) is 0 Å². The minimum atomic E-state index is -0.405. The zero-order chi connectivity index (χ0) is 21.9. The number of nitrogens with zero attached hydrogens (tertiary/aromatic N) is 3. The quantitative estimate of drug-likeness (QED) is 0.505. The van der Waals surface area contributed by atoms with Crippen LogP contribution in [0.5, 0.6) is 11.5 Å². The van der Waals surface area contributed by atoms with E-state index >= 15 is 0 Å². The Bertz CT molecular complexity index is 1350. The van der Waals surface area contributed by atoms with Crippen LogP contribution in [0.1, 0.15) is 11.4 Å². The number of nitrogens with one attached hydrogen (secondary N) is 2. The first-order valence-corrected chi connectivity index (χ1v) is 10.0. The molecular formula is C23H19N5O4. The fraction of sp³-hybridized carbons (Fsp3) is 0.130. The lowest BCUT2D eigenvalue weighted by atomic mass is 10.1. The van der Waals surface area contributed by atoms with E-state index in [0.29, 0.717) is 33.7 Å². The summed E-state index contributed by atoms with van der Waals surface area (Å²) in [7, 11) is 0. The lowest BCUT2D eigenvalue weighted by Crippen LogP contribution is -2.31. The molecule has 0 saturated heterocycles. The molecule has 0 atom stereocenters. The third kappa shape index (κ3) is 3.95. The van der Waals surface area contributed by atoms with Gasteiger partial charge in [-0.05, 0) is 30.3 Å². The lowest BCUT2D eigenvalue weighted by Gasteiger charge is -2.12. The number of carbonyl (C=O) groups is 1. The summed E-state index contributed by atoms with van der Waals surface area (Å²) in [5.41, 5.74) is 1.67. The van der Waals surface area contributed by atoms with E-state index in [4.69, 9.17) is 9.47 Å². The number of hydrogen-bond acceptors (Lipinski definition) is 6. The molecule has 0 unspecified atom stereocenters. The number of ether oxygens (including phenoxy) is 2. The fourth-order valence-electron chi connectivity index (χ4n) is 3.50. The summed E-state index contributed by atoms with van der Waals surface area (Å²) in [5.74, 6) is 1.22. The summed E-state index contributed by atoms with van der Waals surface area (Å²) in [6.45, 7) is 0.540. The summed E-state index contributed by atoms with van der Waals surface area (Å²) < 4.78 is 12.0. The van der Waals surface area contributed by atoms with Gasteiger partial charge in [-0.3, -0.25) is 9.78 Å². The number of carbonyl (C=O) groups excluding carboxylic acids is 1. The summed E-state index contributed by atoms with van der Waals surface area (Å²) in [5, 5.41) is 11.3. The largest absolute Gasteiger partial charge is 0.454 e. The molecule has 5 rings (SSSR count). The topological polar surface area (TPSA) is 107 Å². The molecule has 0 bridgehead atoms. The van der Waals surface area contributed by atoms with Crippen LogP contribution in [-0.4, -0.2) is 27.6 Å². The molecule has 2 aromatic heterocycles. The van der Waals surface area contributed by atoms with E-state index in [-0.39, 0.29) is 25.4 Å². The molecule has 0 fully saturated rings. The van der Waals surface area contributed by atoms with Gasteiger partial charge in [0.15, 0.2) is 11.5 Å². The first-order chi connectivity index (χ1) is 15.7. The van der Waals surface area contributed by atoms with E-state index in [1.165, 1.54) is 4.68 Å². The van der Waals surface area contributed by atoms with Crippen LogP contribution in [0.4, 0.5) is 10.5 Å². The normalized spacial score (nSPS) is 12.0. The summed E-state index contributed by atoms with van der Waals surface area (Å²) in [6, 6.07) is 17.5. The Morgan fingerprint density at radius 3 is 2.66 bits per heavy atom. The molecule has 0 spiro atoms. The Morgan fingerprint density at radius 2 is 1.81 bits per heavy atom. The number of hydrogen-bond donors (Lipinski definition) is 2. The average molecular weight is 429 g/mol. The number of amides is 2. The van der Waals surface area contributed by atoms with E-state index < -0.39 is 6.03 Å². The van der Waals surface area contributed by atoms with E-state index in [0.717, 1.165) is 5.69 Å². The van der Waals surface area contributed by atoms with Gasteiger partial charge in [0.05, 0.1) is 29.9 Å². The molecule has 9 nitrogen and oxygen atoms in total. The maximum atomic E-state index is 12.9. The number of aromatic nitrogens is 3. The van der Waals surface area contributed by atoms with Crippen LogP contribution in [-0.2, 0) is 13.1 Å². The van der Waals surface area contributed by atoms with Gasteiger partial charge in [0, 0.05) is 23.3 Å². The van der Waals surface area contributed by atoms with Gasteiger partial charge in [0.2, 0.25) is 6.79 Å². The van der Waals surface area contributed by atoms with Gasteiger partial charge in [-0.25, -0.2) is 9.48 Å². The molecule has 3 heterocycles. The Kier molecular flexibility index (Phi) is 5.12. The number of rotatable bonds is 5. The van der Waals surface area contributed by atoms with Gasteiger partial charge in [-0.1, -0.05) is 24.3 Å². The highest BCUT2D eigenvalue weighted by molar-refractivity contribution is 5.90. The fourth-order valence-corrected chi connectivity index (χ4v) is 3.50. The second-order valence-electron chi connectivity index (χ2n) is 7.15. The smallest absolute Gasteiger partial charge is 0.319 e. The van der Waals surface area contributed by atoms with Gasteiger partial charge in [0.25, 0.3) is 5.56 Å². The highest BCUT2D eigenvalue weighted by atomic mass is 16.7. The maximum Gasteiger partial charge on any atom is 0.319 e. The van der Waals surface area contributed by atoms with Gasteiger partial charge in [-0.15, -0.1) is 0 Å². The first-order valence-electron chi connectivity index (χ1n) is 10.0. The van der Waals surface area contributed by atoms with Crippen molar-refractivity contribution in [3.05, 3.63) is 88.6 Å². The number of anilines is 1. The van der Waals surface area contributed by atoms with Crippen LogP contribution in [0.3, 0.4) is 0 Å². The molecule has 2 amide bonds. The molecule has 1 aliphatic heterocycles. The molecule has 32 heavy (non-hydrogen) atoms. The highest BCUT2D eigenvalue weighted by Gasteiger charge is 2.15. The van der Waals surface area contributed by atoms with Crippen LogP contribution in [0.2, 0.25) is 0 Å². The third-order valence-electron chi connectivity index (χ3n) is 5.03. The van der Waals surface area contributed by atoms with Crippen LogP contribution < -0.4 is 25.7 Å². The molecule has 2 N–H and O–H groups in total. The maximum absolute atomic E-state index is 12.9. The van der Waals surface area contributed by atoms with Crippen LogP contribution in [0.15, 0.2) is 71.7 Å². The second-order valence-corrected chi connectivity index (χ2v) is 7.15. The molecule has 1 aliphatic rings. The molecule has 0 radical (unpaired) electrons. The Labute approximate surface area is 182 Å². The molecule has 160 valence electrons. The van der Waals surface area contributed by atoms with Crippen molar-refractivity contribution in [3.63, 3.8) is 0 Å². The zero-order valence-electron chi connectivity index (χ0n) is 16.9. The van der Waals surface area contributed by atoms with E-state index in [1.807, 2.05) is 30.3 Å². The summed E-state index contributed by atoms with van der Waals surface area (Å²) in [6.07, 6.45) is 1.67. The predicted molar refractivity (Wildman–Crippen MR) is 118 cm³/mol. The van der Waals surface area contributed by atoms with Gasteiger partial charge in [-0.2, -0.15) is 5.10 Å². The third-order valence-corrected chi connectivity index (χ3v) is 5.03. The van der Waals surface area contributed by atoms with Crippen molar-refractivity contribution in [1.82, 2.24) is 20.1 Å². The summed E-state index contributed by atoms with van der Waals surface area (Å²) >= 11 is 0. The van der Waals surface area contributed by atoms with E-state index in [9.17, 15) is 9.59 Å². The Morgan fingerprint density at radius 1 is 1.00 bits per heavy atom. The van der Waals surface area contributed by atoms with Crippen LogP contribution in [0.25, 0.3) is 10.8 Å². The average Bonchev–Trinajstić information content (AvgIpc) is 3.29. The number of pyridine rings is 1. The minimum Gasteiger partial charge on any atom is -0.454 e. The Hall–Kier alpha value is -4.40. The molecular weight excluding hydrogens is 410 g/mol. The second kappa shape index (κ2) is 8.38. The molecule has 9 heteroatoms. The molecule has 0 aliphatic carbocycles. The number of benzene rings is 2. The highest BCUT2D eigenvalue weighted by Crippen LogP contribution is 2.34. The zero-order valence-corrected chi connectivity index (χ0v) is 16.9. The molecule has 4 aromatic rings. The molecule has 2 aromatic carbocycles. The monoisotopic (exact) mass is 429 g/mol. The SMILES string of the molecule is O=C(NCc1nn(Cc2ccccn2)c(=O)c2ccccc12)Nc1ccc2c(c1)OCO2. The van der Waals surface area contributed by atoms with Crippen molar-refractivity contribution in [1.29, 1.82) is 0 Å². The van der Waals surface area contributed by atoms with E-state index in [1.54, 1.807) is 36.5 Å². The van der Waals surface area contributed by atoms with Crippen molar-refractivity contribution in [2.24, 2.45) is 0 Å². The van der Waals surface area contributed by atoms with Crippen molar-refractivity contribution >= 4 is 22.5 Å². The predicted octanol–water partition coefficient (Wildman–Crippen LogP) is 2.89. The van der Waals surface area contributed by atoms with Crippen LogP contribution in [0, 0.1) is 0 Å². The number of urea groups is 1. The number of fused-ring (bicyclic) bond motifs is 2. The van der Waals surface area contributed by atoms with Crippen molar-refractivity contribution in [2.75, 3.05) is 12.1 Å². The Balaban J connectivity index is 1.36. The van der Waals surface area contributed by atoms with Crippen molar-refractivity contribution < 1.29 is 14.3 Å². The standard InChI is InChI=1S/C23H19N5O4/c29-22-18-7-2-1-6-17(18)19(27-28(22)13-16-5-3-4-10-24-16)12-25-23(30)26-15-8-9-20-21(11-15)32-14-31-20/h1-11H,12-14H2,(H2,25,26,30).